The summed E-state index contributed by atoms with van der Waals surface area (Å²) in [6, 6.07) is 0. The number of hydrogen-bond donors (Lipinski definition) is 2. The van der Waals surface area contributed by atoms with Crippen LogP contribution >= 0.6 is 0 Å². The van der Waals surface area contributed by atoms with Crippen molar-refractivity contribution in [1.82, 2.24) is 25.1 Å². The Morgan fingerprint density at radius 1 is 1.14 bits per heavy atom. The largest absolute Gasteiger partial charge is 0.357 e. The Labute approximate surface area is 166 Å². The number of rotatable bonds is 7. The molecule has 0 bridgehead atoms. The maximum Gasteiger partial charge on any atom is 0.319 e. The van der Waals surface area contributed by atoms with Gasteiger partial charge in [0, 0.05) is 31.0 Å². The SMILES string of the molecule is CCNC(=NCc1nccn1C(F)F)NCC1(N2CCCCC2)CCCCC1. The van der Waals surface area contributed by atoms with Gasteiger partial charge >= 0.3 is 6.55 Å². The number of hydrogen-bond acceptors (Lipinski definition) is 3. The predicted molar refractivity (Wildman–Crippen MR) is 108 cm³/mol. The number of aromatic nitrogens is 2. The zero-order chi connectivity index (χ0) is 19.8. The number of imidazole rings is 1. The number of likely N-dealkylation sites (tertiary alicyclic amines) is 1. The highest BCUT2D eigenvalue weighted by molar-refractivity contribution is 5.79. The predicted octanol–water partition coefficient (Wildman–Crippen LogP) is 3.52. The number of nitrogens with one attached hydrogen (secondary N) is 2. The smallest absolute Gasteiger partial charge is 0.319 e. The van der Waals surface area contributed by atoms with Crippen LogP contribution in [0.3, 0.4) is 0 Å². The minimum Gasteiger partial charge on any atom is -0.357 e. The second-order valence-electron chi connectivity index (χ2n) is 7.91. The Kier molecular flexibility index (Phi) is 7.65. The quantitative estimate of drug-likeness (QED) is 0.547. The van der Waals surface area contributed by atoms with Gasteiger partial charge in [0.15, 0.2) is 5.96 Å². The van der Waals surface area contributed by atoms with E-state index in [1.54, 1.807) is 0 Å². The molecule has 8 heteroatoms. The molecular formula is C20H34F2N6. The van der Waals surface area contributed by atoms with Gasteiger partial charge in [-0.3, -0.25) is 9.47 Å². The zero-order valence-electron chi connectivity index (χ0n) is 17.0. The molecule has 2 heterocycles. The summed E-state index contributed by atoms with van der Waals surface area (Å²) < 4.78 is 26.9. The fourth-order valence-electron chi connectivity index (χ4n) is 4.57. The minimum absolute atomic E-state index is 0.128. The fourth-order valence-corrected chi connectivity index (χ4v) is 4.57. The van der Waals surface area contributed by atoms with Crippen molar-refractivity contribution in [3.8, 4) is 0 Å². The molecule has 1 aliphatic carbocycles. The van der Waals surface area contributed by atoms with Gasteiger partial charge in [0.1, 0.15) is 12.4 Å². The van der Waals surface area contributed by atoms with E-state index in [2.05, 4.69) is 25.5 Å². The van der Waals surface area contributed by atoms with Crippen molar-refractivity contribution in [2.45, 2.75) is 76.9 Å². The van der Waals surface area contributed by atoms with E-state index < -0.39 is 6.55 Å². The summed E-state index contributed by atoms with van der Waals surface area (Å²) in [4.78, 5) is 11.2. The molecule has 2 fully saturated rings. The standard InChI is InChI=1S/C20H34F2N6/c1-2-23-19(25-15-17-24-11-14-28(17)18(21)22)26-16-20(9-5-3-6-10-20)27-12-7-4-8-13-27/h11,14,18H,2-10,12-13,15-16H2,1H3,(H2,23,25,26). The van der Waals surface area contributed by atoms with Crippen LogP contribution in [0.2, 0.25) is 0 Å². The van der Waals surface area contributed by atoms with Crippen LogP contribution in [-0.2, 0) is 6.54 Å². The monoisotopic (exact) mass is 396 g/mol. The lowest BCUT2D eigenvalue weighted by Crippen LogP contribution is -2.59. The second-order valence-corrected chi connectivity index (χ2v) is 7.91. The maximum absolute atomic E-state index is 13.0. The van der Waals surface area contributed by atoms with Crippen molar-refractivity contribution in [3.63, 3.8) is 0 Å². The third kappa shape index (κ3) is 5.21. The Morgan fingerprint density at radius 2 is 1.86 bits per heavy atom. The highest BCUT2D eigenvalue weighted by Gasteiger charge is 2.38. The van der Waals surface area contributed by atoms with Crippen LogP contribution in [0.25, 0.3) is 0 Å². The molecule has 28 heavy (non-hydrogen) atoms. The molecule has 1 aromatic rings. The molecule has 0 atom stereocenters. The molecule has 1 saturated heterocycles. The molecule has 6 nitrogen and oxygen atoms in total. The molecule has 0 unspecified atom stereocenters. The highest BCUT2D eigenvalue weighted by atomic mass is 19.3. The van der Waals surface area contributed by atoms with Crippen LogP contribution in [0.5, 0.6) is 0 Å². The van der Waals surface area contributed by atoms with E-state index in [9.17, 15) is 8.78 Å². The molecular weight excluding hydrogens is 362 g/mol. The highest BCUT2D eigenvalue weighted by Crippen LogP contribution is 2.35. The van der Waals surface area contributed by atoms with E-state index in [4.69, 9.17) is 0 Å². The number of alkyl halides is 2. The topological polar surface area (TPSA) is 57.5 Å². The molecule has 0 amide bonds. The molecule has 2 N–H and O–H groups in total. The van der Waals surface area contributed by atoms with E-state index in [-0.39, 0.29) is 17.9 Å². The Bertz CT molecular complexity index is 618. The summed E-state index contributed by atoms with van der Waals surface area (Å²) in [5, 5.41) is 6.76. The van der Waals surface area contributed by atoms with Crippen LogP contribution < -0.4 is 10.6 Å². The average molecular weight is 397 g/mol. The average Bonchev–Trinajstić information content (AvgIpc) is 3.20. The number of piperidine rings is 1. The first kappa shape index (κ1) is 21.0. The van der Waals surface area contributed by atoms with Crippen LogP contribution in [0.4, 0.5) is 8.78 Å². The van der Waals surface area contributed by atoms with Crippen molar-refractivity contribution in [2.24, 2.45) is 4.99 Å². The van der Waals surface area contributed by atoms with Gasteiger partial charge in [0.2, 0.25) is 0 Å². The first-order valence-corrected chi connectivity index (χ1v) is 10.7. The number of nitrogens with zero attached hydrogens (tertiary/aromatic N) is 4. The number of aliphatic imine (C=N–C) groups is 1. The zero-order valence-corrected chi connectivity index (χ0v) is 17.0. The van der Waals surface area contributed by atoms with Gasteiger partial charge in [0.25, 0.3) is 0 Å². The van der Waals surface area contributed by atoms with E-state index >= 15 is 0 Å². The van der Waals surface area contributed by atoms with Gasteiger partial charge in [-0.05, 0) is 45.7 Å². The van der Waals surface area contributed by atoms with Gasteiger partial charge in [-0.15, -0.1) is 0 Å². The van der Waals surface area contributed by atoms with Crippen molar-refractivity contribution in [2.75, 3.05) is 26.2 Å². The van der Waals surface area contributed by atoms with Gasteiger partial charge in [0.05, 0.1) is 0 Å². The van der Waals surface area contributed by atoms with Gasteiger partial charge in [-0.2, -0.15) is 8.78 Å². The molecule has 0 radical (unpaired) electrons. The van der Waals surface area contributed by atoms with Crippen LogP contribution in [0.1, 0.15) is 70.7 Å². The van der Waals surface area contributed by atoms with Crippen LogP contribution in [0, 0.1) is 0 Å². The molecule has 3 rings (SSSR count). The Balaban J connectivity index is 1.67. The lowest BCUT2D eigenvalue weighted by Gasteiger charge is -2.48. The normalized spacial score (nSPS) is 21.1. The summed E-state index contributed by atoms with van der Waals surface area (Å²) >= 11 is 0. The Morgan fingerprint density at radius 3 is 2.54 bits per heavy atom. The molecule has 2 aliphatic rings. The van der Waals surface area contributed by atoms with Gasteiger partial charge < -0.3 is 10.6 Å². The van der Waals surface area contributed by atoms with Crippen molar-refractivity contribution < 1.29 is 8.78 Å². The molecule has 1 aromatic heterocycles. The maximum atomic E-state index is 13.0. The molecule has 0 aromatic carbocycles. The fraction of sp³-hybridized carbons (Fsp3) is 0.800. The van der Waals surface area contributed by atoms with E-state index in [1.807, 2.05) is 6.92 Å². The summed E-state index contributed by atoms with van der Waals surface area (Å²) in [5.41, 5.74) is 0.191. The van der Waals surface area contributed by atoms with E-state index in [1.165, 1.54) is 76.8 Å². The summed E-state index contributed by atoms with van der Waals surface area (Å²) in [5.74, 6) is 0.948. The van der Waals surface area contributed by atoms with Crippen molar-refractivity contribution in [1.29, 1.82) is 0 Å². The van der Waals surface area contributed by atoms with E-state index in [0.29, 0.717) is 5.96 Å². The van der Waals surface area contributed by atoms with Crippen LogP contribution in [0.15, 0.2) is 17.4 Å². The van der Waals surface area contributed by atoms with Crippen molar-refractivity contribution in [3.05, 3.63) is 18.2 Å². The lowest BCUT2D eigenvalue weighted by molar-refractivity contribution is 0.0368. The molecule has 0 spiro atoms. The molecule has 1 aliphatic heterocycles. The summed E-state index contributed by atoms with van der Waals surface area (Å²) in [6.07, 6.45) is 12.9. The van der Waals surface area contributed by atoms with Crippen molar-refractivity contribution >= 4 is 5.96 Å². The minimum atomic E-state index is -2.59. The summed E-state index contributed by atoms with van der Waals surface area (Å²) in [7, 11) is 0. The third-order valence-electron chi connectivity index (χ3n) is 6.08. The number of guanidine groups is 1. The molecule has 1 saturated carbocycles. The first-order chi connectivity index (χ1) is 13.6. The molecule has 158 valence electrons. The number of halogens is 2. The lowest BCUT2D eigenvalue weighted by atomic mass is 9.79. The van der Waals surface area contributed by atoms with Gasteiger partial charge in [-0.25, -0.2) is 9.98 Å². The second kappa shape index (κ2) is 10.2. The first-order valence-electron chi connectivity index (χ1n) is 10.7. The van der Waals surface area contributed by atoms with Crippen LogP contribution in [-0.4, -0.2) is 52.1 Å². The van der Waals surface area contributed by atoms with Gasteiger partial charge in [-0.1, -0.05) is 25.7 Å². The summed E-state index contributed by atoms with van der Waals surface area (Å²) in [6.45, 7) is 3.49. The third-order valence-corrected chi connectivity index (χ3v) is 6.08. The Hall–Kier alpha value is -1.70. The van der Waals surface area contributed by atoms with E-state index in [0.717, 1.165) is 17.7 Å².